The number of nitrogens with one attached hydrogen (secondary N) is 1. The average Bonchev–Trinajstić information content (AvgIpc) is 3.23. The molecule has 24 heavy (non-hydrogen) atoms. The van der Waals surface area contributed by atoms with Crippen LogP contribution in [0.4, 0.5) is 9.80 Å². The molecule has 1 aromatic heterocycles. The van der Waals surface area contributed by atoms with Crippen molar-refractivity contribution in [2.75, 3.05) is 25.1 Å². The van der Waals surface area contributed by atoms with Crippen molar-refractivity contribution in [3.63, 3.8) is 0 Å². The summed E-state index contributed by atoms with van der Waals surface area (Å²) < 4.78 is 10.5. The number of ether oxygens (including phenoxy) is 2. The van der Waals surface area contributed by atoms with E-state index in [1.54, 1.807) is 12.0 Å². The topological polar surface area (TPSA) is 67.9 Å². The van der Waals surface area contributed by atoms with Crippen molar-refractivity contribution in [3.05, 3.63) is 47.3 Å². The van der Waals surface area contributed by atoms with E-state index >= 15 is 0 Å². The molecule has 1 N–H and O–H groups in total. The van der Waals surface area contributed by atoms with E-state index in [4.69, 9.17) is 9.47 Å². The molecule has 1 aliphatic heterocycles. The first kappa shape index (κ1) is 16.3. The second-order valence-electron chi connectivity index (χ2n) is 5.36. The Morgan fingerprint density at radius 2 is 2.21 bits per heavy atom. The molecule has 0 spiro atoms. The van der Waals surface area contributed by atoms with Gasteiger partial charge >= 0.3 is 6.09 Å². The maximum atomic E-state index is 12.1. The highest BCUT2D eigenvalue weighted by molar-refractivity contribution is 7.14. The van der Waals surface area contributed by atoms with Crippen molar-refractivity contribution in [2.24, 2.45) is 0 Å². The fourth-order valence-electron chi connectivity index (χ4n) is 2.54. The zero-order valence-electron chi connectivity index (χ0n) is 13.2. The van der Waals surface area contributed by atoms with Crippen LogP contribution in [-0.4, -0.2) is 38.3 Å². The number of cyclic esters (lactones) is 1. The van der Waals surface area contributed by atoms with Crippen LogP contribution in [0.2, 0.25) is 0 Å². The van der Waals surface area contributed by atoms with Crippen molar-refractivity contribution < 1.29 is 19.1 Å². The van der Waals surface area contributed by atoms with Crippen LogP contribution in [0.25, 0.3) is 0 Å². The number of methoxy groups -OCH3 is 1. The van der Waals surface area contributed by atoms with Gasteiger partial charge in [0, 0.05) is 5.56 Å². The van der Waals surface area contributed by atoms with Crippen molar-refractivity contribution >= 4 is 28.3 Å². The molecule has 0 aliphatic carbocycles. The fourth-order valence-corrected chi connectivity index (χ4v) is 3.27. The summed E-state index contributed by atoms with van der Waals surface area (Å²) in [5, 5.41) is 5.57. The van der Waals surface area contributed by atoms with Crippen molar-refractivity contribution in [1.29, 1.82) is 0 Å². The van der Waals surface area contributed by atoms with E-state index in [0.29, 0.717) is 18.8 Å². The lowest BCUT2D eigenvalue weighted by atomic mass is 10.1. The van der Waals surface area contributed by atoms with Crippen LogP contribution >= 0.6 is 11.3 Å². The van der Waals surface area contributed by atoms with Gasteiger partial charge in [0.2, 0.25) is 5.91 Å². The first-order valence-corrected chi connectivity index (χ1v) is 8.45. The highest BCUT2D eigenvalue weighted by atomic mass is 32.1. The van der Waals surface area contributed by atoms with Crippen LogP contribution in [0, 0.1) is 0 Å². The second kappa shape index (κ2) is 7.35. The third kappa shape index (κ3) is 3.68. The molecule has 2 heterocycles. The van der Waals surface area contributed by atoms with Gasteiger partial charge in [-0.3, -0.25) is 9.69 Å². The molecule has 1 saturated heterocycles. The minimum atomic E-state index is -0.374. The van der Waals surface area contributed by atoms with Crippen molar-refractivity contribution in [1.82, 2.24) is 5.32 Å². The summed E-state index contributed by atoms with van der Waals surface area (Å²) in [5.41, 5.74) is 0.820. The second-order valence-corrected chi connectivity index (χ2v) is 6.29. The zero-order chi connectivity index (χ0) is 16.9. The van der Waals surface area contributed by atoms with E-state index in [1.165, 1.54) is 11.3 Å². The molecule has 1 aliphatic rings. The maximum absolute atomic E-state index is 12.1. The molecule has 1 fully saturated rings. The van der Waals surface area contributed by atoms with Gasteiger partial charge < -0.3 is 14.8 Å². The number of anilines is 1. The highest BCUT2D eigenvalue weighted by Crippen LogP contribution is 2.26. The van der Waals surface area contributed by atoms with Gasteiger partial charge in [-0.05, 0) is 23.6 Å². The summed E-state index contributed by atoms with van der Waals surface area (Å²) in [6.07, 6.45) is -0.498. The predicted molar refractivity (Wildman–Crippen MR) is 91.6 cm³/mol. The molecule has 3 rings (SSSR count). The van der Waals surface area contributed by atoms with E-state index in [1.807, 2.05) is 41.8 Å². The molecule has 1 unspecified atom stereocenters. The maximum Gasteiger partial charge on any atom is 0.415 e. The molecule has 2 aromatic rings. The summed E-state index contributed by atoms with van der Waals surface area (Å²) in [6, 6.07) is 11.1. The quantitative estimate of drug-likeness (QED) is 0.872. The van der Waals surface area contributed by atoms with Gasteiger partial charge in [0.1, 0.15) is 16.9 Å². The number of carbonyl (C=O) groups is 2. The number of carbonyl (C=O) groups excluding carboxylic acids is 2. The fraction of sp³-hybridized carbons (Fsp3) is 0.294. The number of rotatable bonds is 6. The monoisotopic (exact) mass is 346 g/mol. The number of hydrogen-bond acceptors (Lipinski definition) is 5. The Kier molecular flexibility index (Phi) is 5.00. The standard InChI is InChI=1S/C17H18N2O4S/c1-22-14-6-3-2-5-12(14)9-15(20)18-10-13-11-19(17(21)23-13)16-7-4-8-24-16/h2-8,13H,9-11H2,1H3,(H,18,20). The van der Waals surface area contributed by atoms with E-state index in [-0.39, 0.29) is 24.5 Å². The van der Waals surface area contributed by atoms with Crippen LogP contribution in [0.15, 0.2) is 41.8 Å². The summed E-state index contributed by atoms with van der Waals surface area (Å²) in [5.74, 6) is 0.550. The normalized spacial score (nSPS) is 16.8. The lowest BCUT2D eigenvalue weighted by Gasteiger charge is -2.12. The van der Waals surface area contributed by atoms with Gasteiger partial charge in [-0.1, -0.05) is 18.2 Å². The lowest BCUT2D eigenvalue weighted by Crippen LogP contribution is -2.35. The molecule has 7 heteroatoms. The van der Waals surface area contributed by atoms with Gasteiger partial charge in [0.15, 0.2) is 0 Å². The predicted octanol–water partition coefficient (Wildman–Crippen LogP) is 2.44. The third-order valence-electron chi connectivity index (χ3n) is 3.72. The molecule has 126 valence electrons. The van der Waals surface area contributed by atoms with E-state index in [9.17, 15) is 9.59 Å². The van der Waals surface area contributed by atoms with Crippen LogP contribution in [0.5, 0.6) is 5.75 Å². The smallest absolute Gasteiger partial charge is 0.415 e. The van der Waals surface area contributed by atoms with Crippen LogP contribution in [0.3, 0.4) is 0 Å². The molecular weight excluding hydrogens is 328 g/mol. The average molecular weight is 346 g/mol. The molecule has 2 amide bonds. The molecule has 0 bridgehead atoms. The summed E-state index contributed by atoms with van der Waals surface area (Å²) in [6.45, 7) is 0.732. The highest BCUT2D eigenvalue weighted by Gasteiger charge is 2.32. The number of amides is 2. The first-order valence-electron chi connectivity index (χ1n) is 7.57. The SMILES string of the molecule is COc1ccccc1CC(=O)NCC1CN(c2cccs2)C(=O)O1. The van der Waals surface area contributed by atoms with Gasteiger partial charge in [0.25, 0.3) is 0 Å². The minimum Gasteiger partial charge on any atom is -0.496 e. The van der Waals surface area contributed by atoms with Gasteiger partial charge in [-0.15, -0.1) is 11.3 Å². The van der Waals surface area contributed by atoms with Gasteiger partial charge in [-0.25, -0.2) is 4.79 Å². The van der Waals surface area contributed by atoms with Crippen LogP contribution < -0.4 is 15.0 Å². The number of thiophene rings is 1. The summed E-state index contributed by atoms with van der Waals surface area (Å²) in [4.78, 5) is 25.6. The molecule has 6 nitrogen and oxygen atoms in total. The minimum absolute atomic E-state index is 0.134. The zero-order valence-corrected chi connectivity index (χ0v) is 14.0. The number of para-hydroxylation sites is 1. The number of benzene rings is 1. The Bertz CT molecular complexity index is 717. The van der Waals surface area contributed by atoms with E-state index in [0.717, 1.165) is 10.6 Å². The Labute approximate surface area is 144 Å². The number of nitrogens with zero attached hydrogens (tertiary/aromatic N) is 1. The summed E-state index contributed by atoms with van der Waals surface area (Å²) >= 11 is 1.48. The van der Waals surface area contributed by atoms with E-state index < -0.39 is 0 Å². The molecular formula is C17H18N2O4S. The van der Waals surface area contributed by atoms with Gasteiger partial charge in [-0.2, -0.15) is 0 Å². The Morgan fingerprint density at radius 3 is 2.96 bits per heavy atom. The largest absolute Gasteiger partial charge is 0.496 e. The lowest BCUT2D eigenvalue weighted by molar-refractivity contribution is -0.120. The Morgan fingerprint density at radius 1 is 1.38 bits per heavy atom. The Hall–Kier alpha value is -2.54. The number of hydrogen-bond donors (Lipinski definition) is 1. The third-order valence-corrected chi connectivity index (χ3v) is 4.61. The molecule has 0 saturated carbocycles. The summed E-state index contributed by atoms with van der Waals surface area (Å²) in [7, 11) is 1.58. The molecule has 1 aromatic carbocycles. The van der Waals surface area contributed by atoms with Crippen LogP contribution in [0.1, 0.15) is 5.56 Å². The molecule has 1 atom stereocenters. The van der Waals surface area contributed by atoms with E-state index in [2.05, 4.69) is 5.32 Å². The molecule has 0 radical (unpaired) electrons. The van der Waals surface area contributed by atoms with Crippen LogP contribution in [-0.2, 0) is 16.0 Å². The van der Waals surface area contributed by atoms with Crippen molar-refractivity contribution in [3.8, 4) is 5.75 Å². The first-order chi connectivity index (χ1) is 11.7. The van der Waals surface area contributed by atoms with Gasteiger partial charge in [0.05, 0.1) is 26.6 Å². The Balaban J connectivity index is 1.51. The van der Waals surface area contributed by atoms with Crippen molar-refractivity contribution in [2.45, 2.75) is 12.5 Å².